The number of nitrogens with zero attached hydrogens (tertiary/aromatic N) is 3. The van der Waals surface area contributed by atoms with E-state index in [0.717, 1.165) is 0 Å². The van der Waals surface area contributed by atoms with Gasteiger partial charge in [-0.25, -0.2) is 0 Å². The molecule has 0 spiro atoms. The topological polar surface area (TPSA) is 104 Å². The molecule has 1 amide bonds. The molecular weight excluding hydrogens is 188 g/mol. The van der Waals surface area contributed by atoms with Crippen molar-refractivity contribution in [1.29, 1.82) is 0 Å². The molecule has 0 bridgehead atoms. The molecule has 0 radical (unpaired) electrons. The zero-order chi connectivity index (χ0) is 10.9. The maximum absolute atomic E-state index is 11.0. The number of aryl methyl sites for hydroxylation is 2. The molecule has 0 aliphatic heterocycles. The van der Waals surface area contributed by atoms with Crippen LogP contribution in [0, 0.1) is 17.0 Å². The largest absolute Gasteiger partial charge is 0.364 e. The number of hydrogen-bond donors (Lipinski definition) is 1. The van der Waals surface area contributed by atoms with Crippen molar-refractivity contribution in [2.45, 2.75) is 20.4 Å². The lowest BCUT2D eigenvalue weighted by atomic mass is 10.3. The molecule has 0 fully saturated rings. The Labute approximate surface area is 79.7 Å². The second-order valence-electron chi connectivity index (χ2n) is 2.72. The van der Waals surface area contributed by atoms with Crippen LogP contribution in [-0.2, 0) is 6.54 Å². The molecule has 14 heavy (non-hydrogen) atoms. The van der Waals surface area contributed by atoms with E-state index in [9.17, 15) is 14.9 Å². The maximum Gasteiger partial charge on any atom is 0.322 e. The molecule has 0 aromatic carbocycles. The van der Waals surface area contributed by atoms with Gasteiger partial charge in [0.2, 0.25) is 5.69 Å². The second-order valence-corrected chi connectivity index (χ2v) is 2.72. The lowest BCUT2D eigenvalue weighted by molar-refractivity contribution is -0.385. The van der Waals surface area contributed by atoms with Crippen LogP contribution in [0.3, 0.4) is 0 Å². The van der Waals surface area contributed by atoms with Crippen LogP contribution in [0.15, 0.2) is 0 Å². The first-order chi connectivity index (χ1) is 6.49. The fraction of sp³-hybridized carbons (Fsp3) is 0.429. The zero-order valence-corrected chi connectivity index (χ0v) is 7.85. The van der Waals surface area contributed by atoms with E-state index in [2.05, 4.69) is 5.10 Å². The lowest BCUT2D eigenvalue weighted by Gasteiger charge is -1.98. The van der Waals surface area contributed by atoms with Crippen molar-refractivity contribution >= 4 is 11.6 Å². The number of hydrogen-bond acceptors (Lipinski definition) is 4. The molecule has 0 atom stereocenters. The summed E-state index contributed by atoms with van der Waals surface area (Å²) in [5.41, 5.74) is 4.79. The Morgan fingerprint density at radius 2 is 2.29 bits per heavy atom. The van der Waals surface area contributed by atoms with E-state index >= 15 is 0 Å². The lowest BCUT2D eigenvalue weighted by Crippen LogP contribution is -2.18. The van der Waals surface area contributed by atoms with Gasteiger partial charge in [0.1, 0.15) is 5.69 Å². The number of primary amides is 1. The Morgan fingerprint density at radius 3 is 2.64 bits per heavy atom. The van der Waals surface area contributed by atoms with Crippen molar-refractivity contribution in [2.75, 3.05) is 0 Å². The van der Waals surface area contributed by atoms with Crippen molar-refractivity contribution in [3.8, 4) is 0 Å². The first kappa shape index (κ1) is 10.2. The minimum Gasteiger partial charge on any atom is -0.364 e. The quantitative estimate of drug-likeness (QED) is 0.553. The molecular formula is C7H10N4O3. The van der Waals surface area contributed by atoms with Crippen molar-refractivity contribution in [1.82, 2.24) is 9.78 Å². The summed E-state index contributed by atoms with van der Waals surface area (Å²) in [7, 11) is 0. The molecule has 76 valence electrons. The molecule has 1 aromatic heterocycles. The van der Waals surface area contributed by atoms with Gasteiger partial charge in [-0.15, -0.1) is 0 Å². The van der Waals surface area contributed by atoms with Gasteiger partial charge in [-0.3, -0.25) is 19.6 Å². The Balaban J connectivity index is 3.46. The van der Waals surface area contributed by atoms with Crippen LogP contribution < -0.4 is 5.73 Å². The predicted molar refractivity (Wildman–Crippen MR) is 47.8 cm³/mol. The zero-order valence-electron chi connectivity index (χ0n) is 7.85. The van der Waals surface area contributed by atoms with Crippen LogP contribution in [0.1, 0.15) is 23.1 Å². The number of aromatic nitrogens is 2. The number of nitrogens with two attached hydrogens (primary N) is 1. The summed E-state index contributed by atoms with van der Waals surface area (Å²) in [6.07, 6.45) is 0. The van der Waals surface area contributed by atoms with Gasteiger partial charge < -0.3 is 5.73 Å². The maximum atomic E-state index is 11.0. The normalized spacial score (nSPS) is 10.1. The molecule has 0 aliphatic rings. The van der Waals surface area contributed by atoms with Gasteiger partial charge in [-0.2, -0.15) is 5.10 Å². The third-order valence-electron chi connectivity index (χ3n) is 1.81. The molecule has 7 heteroatoms. The van der Waals surface area contributed by atoms with E-state index in [1.807, 2.05) is 0 Å². The monoisotopic (exact) mass is 198 g/mol. The molecule has 2 N–H and O–H groups in total. The van der Waals surface area contributed by atoms with Crippen LogP contribution in [0.5, 0.6) is 0 Å². The Bertz CT molecular complexity index is 396. The summed E-state index contributed by atoms with van der Waals surface area (Å²) in [6, 6.07) is 0. The van der Waals surface area contributed by atoms with Gasteiger partial charge in [-0.05, 0) is 13.8 Å². The highest BCUT2D eigenvalue weighted by Gasteiger charge is 2.28. The van der Waals surface area contributed by atoms with Gasteiger partial charge in [0.15, 0.2) is 0 Å². The highest BCUT2D eigenvalue weighted by molar-refractivity contribution is 5.95. The molecule has 0 saturated heterocycles. The van der Waals surface area contributed by atoms with E-state index in [-0.39, 0.29) is 17.1 Å². The molecule has 1 heterocycles. The third-order valence-corrected chi connectivity index (χ3v) is 1.81. The molecule has 0 unspecified atom stereocenters. The van der Waals surface area contributed by atoms with Gasteiger partial charge in [0.05, 0.1) is 4.92 Å². The molecule has 0 saturated carbocycles. The summed E-state index contributed by atoms with van der Waals surface area (Å²) < 4.78 is 1.23. The summed E-state index contributed by atoms with van der Waals surface area (Å²) >= 11 is 0. The predicted octanol–water partition coefficient (Wildman–Crippen LogP) is 0.219. The fourth-order valence-electron chi connectivity index (χ4n) is 1.26. The first-order valence-electron chi connectivity index (χ1n) is 4.00. The van der Waals surface area contributed by atoms with Crippen LogP contribution in [-0.4, -0.2) is 20.6 Å². The highest BCUT2D eigenvalue weighted by atomic mass is 16.6. The standard InChI is InChI=1S/C7H10N4O3/c1-3-10-6(7(8)12)5(11(13)14)4(2)9-10/h3H2,1-2H3,(H2,8,12). The van der Waals surface area contributed by atoms with Gasteiger partial charge in [0, 0.05) is 6.54 Å². The summed E-state index contributed by atoms with van der Waals surface area (Å²) in [6.45, 7) is 3.56. The summed E-state index contributed by atoms with van der Waals surface area (Å²) in [5.74, 6) is -0.834. The van der Waals surface area contributed by atoms with E-state index in [0.29, 0.717) is 6.54 Å². The summed E-state index contributed by atoms with van der Waals surface area (Å²) in [4.78, 5) is 21.0. The highest BCUT2D eigenvalue weighted by Crippen LogP contribution is 2.22. The average molecular weight is 198 g/mol. The first-order valence-corrected chi connectivity index (χ1v) is 4.00. The number of rotatable bonds is 3. The Kier molecular flexibility index (Phi) is 2.50. The van der Waals surface area contributed by atoms with Gasteiger partial charge in [0.25, 0.3) is 5.91 Å². The third kappa shape index (κ3) is 1.43. The number of carbonyl (C=O) groups excluding carboxylic acids is 1. The van der Waals surface area contributed by atoms with Gasteiger partial charge >= 0.3 is 5.69 Å². The van der Waals surface area contributed by atoms with Crippen LogP contribution in [0.25, 0.3) is 0 Å². The van der Waals surface area contributed by atoms with Crippen LogP contribution >= 0.6 is 0 Å². The molecule has 1 aromatic rings. The Morgan fingerprint density at radius 1 is 1.71 bits per heavy atom. The molecule has 0 aliphatic carbocycles. The van der Waals surface area contributed by atoms with E-state index in [1.54, 1.807) is 6.92 Å². The van der Waals surface area contributed by atoms with Gasteiger partial charge in [-0.1, -0.05) is 0 Å². The van der Waals surface area contributed by atoms with Crippen molar-refractivity contribution in [3.63, 3.8) is 0 Å². The SMILES string of the molecule is CCn1nc(C)c([N+](=O)[O-])c1C(N)=O. The fourth-order valence-corrected chi connectivity index (χ4v) is 1.26. The van der Waals surface area contributed by atoms with Crippen molar-refractivity contribution < 1.29 is 9.72 Å². The van der Waals surface area contributed by atoms with E-state index in [1.165, 1.54) is 11.6 Å². The molecule has 1 rings (SSSR count). The van der Waals surface area contributed by atoms with Crippen LogP contribution in [0.4, 0.5) is 5.69 Å². The van der Waals surface area contributed by atoms with Crippen molar-refractivity contribution in [3.05, 3.63) is 21.5 Å². The number of amides is 1. The summed E-state index contributed by atoms with van der Waals surface area (Å²) in [5, 5.41) is 14.5. The average Bonchev–Trinajstić information content (AvgIpc) is 2.41. The molecule has 7 nitrogen and oxygen atoms in total. The van der Waals surface area contributed by atoms with E-state index in [4.69, 9.17) is 5.73 Å². The van der Waals surface area contributed by atoms with Crippen molar-refractivity contribution in [2.24, 2.45) is 5.73 Å². The minimum absolute atomic E-state index is 0.144. The smallest absolute Gasteiger partial charge is 0.322 e. The Hall–Kier alpha value is -1.92. The van der Waals surface area contributed by atoms with Crippen LogP contribution in [0.2, 0.25) is 0 Å². The number of nitro groups is 1. The second kappa shape index (κ2) is 3.44. The van der Waals surface area contributed by atoms with E-state index < -0.39 is 10.8 Å². The minimum atomic E-state index is -0.834. The number of carbonyl (C=O) groups is 1.